The molecular weight excluding hydrogens is 521 g/mol. The van der Waals surface area contributed by atoms with Crippen LogP contribution in [0.15, 0.2) is 42.7 Å². The molecule has 39 heavy (non-hydrogen) atoms. The summed E-state index contributed by atoms with van der Waals surface area (Å²) in [6.45, 7) is 7.49. The van der Waals surface area contributed by atoms with E-state index < -0.39 is 17.9 Å². The molecule has 0 bridgehead atoms. The molecule has 204 valence electrons. The molecule has 1 aliphatic rings. The quantitative estimate of drug-likeness (QED) is 0.305. The molecule has 5 rings (SSSR count). The fourth-order valence-corrected chi connectivity index (χ4v) is 5.17. The van der Waals surface area contributed by atoms with E-state index in [1.807, 2.05) is 19.1 Å². The van der Waals surface area contributed by atoms with Crippen LogP contribution in [-0.4, -0.2) is 61.8 Å². The fraction of sp³-hybridized carbons (Fsp3) is 0.370. The number of rotatable bonds is 5. The van der Waals surface area contributed by atoms with Crippen LogP contribution < -0.4 is 15.8 Å². The van der Waals surface area contributed by atoms with Crippen molar-refractivity contribution in [2.45, 2.75) is 51.9 Å². The highest BCUT2D eigenvalue weighted by Gasteiger charge is 2.33. The van der Waals surface area contributed by atoms with Crippen molar-refractivity contribution in [2.75, 3.05) is 24.1 Å². The van der Waals surface area contributed by atoms with Gasteiger partial charge >= 0.3 is 6.09 Å². The van der Waals surface area contributed by atoms with E-state index in [-0.39, 0.29) is 25.6 Å². The van der Waals surface area contributed by atoms with Crippen molar-refractivity contribution in [2.24, 2.45) is 0 Å². The summed E-state index contributed by atoms with van der Waals surface area (Å²) in [6.07, 6.45) is 1.78. The number of nitrogen functional groups attached to an aromatic ring is 1. The first-order valence-electron chi connectivity index (χ1n) is 12.6. The third-order valence-corrected chi connectivity index (χ3v) is 6.92. The number of hydrogen-bond donors (Lipinski definition) is 2. The van der Waals surface area contributed by atoms with Gasteiger partial charge in [0, 0.05) is 42.5 Å². The van der Waals surface area contributed by atoms with Gasteiger partial charge in [0.15, 0.2) is 5.75 Å². The van der Waals surface area contributed by atoms with Gasteiger partial charge in [0.05, 0.1) is 17.2 Å². The maximum atomic E-state index is 14.6. The maximum absolute atomic E-state index is 14.6. The summed E-state index contributed by atoms with van der Waals surface area (Å²) >= 11 is 1.43. The van der Waals surface area contributed by atoms with E-state index in [0.717, 1.165) is 10.4 Å². The number of nitrogens with two attached hydrogens (primary N) is 1. The summed E-state index contributed by atoms with van der Waals surface area (Å²) in [6, 6.07) is 8.62. The second-order valence-corrected chi connectivity index (χ2v) is 11.5. The molecule has 3 N–H and O–H groups in total. The molecule has 4 heterocycles. The molecule has 4 aromatic rings. The van der Waals surface area contributed by atoms with Crippen molar-refractivity contribution in [3.8, 4) is 22.2 Å². The lowest BCUT2D eigenvalue weighted by molar-refractivity contribution is 0.0124. The van der Waals surface area contributed by atoms with E-state index in [9.17, 15) is 9.18 Å². The van der Waals surface area contributed by atoms with Crippen LogP contribution in [0.1, 0.15) is 32.2 Å². The Morgan fingerprint density at radius 1 is 1.15 bits per heavy atom. The first kappa shape index (κ1) is 26.5. The van der Waals surface area contributed by atoms with E-state index in [2.05, 4.69) is 25.3 Å². The van der Waals surface area contributed by atoms with E-state index in [1.165, 1.54) is 16.2 Å². The average molecular weight is 552 g/mol. The molecule has 10 nitrogen and oxygen atoms in total. The summed E-state index contributed by atoms with van der Waals surface area (Å²) in [5.41, 5.74) is 7.28. The number of halogens is 1. The van der Waals surface area contributed by atoms with Crippen LogP contribution in [-0.2, 0) is 4.74 Å². The molecule has 3 aromatic heterocycles. The second-order valence-electron chi connectivity index (χ2n) is 10.3. The van der Waals surface area contributed by atoms with Gasteiger partial charge in [-0.15, -0.1) is 11.3 Å². The highest BCUT2D eigenvalue weighted by atomic mass is 32.1. The zero-order valence-electron chi connectivity index (χ0n) is 22.1. The van der Waals surface area contributed by atoms with Gasteiger partial charge in [0.2, 0.25) is 11.8 Å². The first-order valence-corrected chi connectivity index (χ1v) is 13.4. The Morgan fingerprint density at radius 2 is 1.97 bits per heavy atom. The number of anilines is 2. The summed E-state index contributed by atoms with van der Waals surface area (Å²) in [5.74, 6) is 1.22. The van der Waals surface area contributed by atoms with Crippen LogP contribution in [0.5, 0.6) is 11.6 Å². The molecule has 0 saturated carbocycles. The third-order valence-electron chi connectivity index (χ3n) is 5.95. The molecule has 0 unspecified atom stereocenters. The minimum atomic E-state index is -1.19. The lowest BCUT2D eigenvalue weighted by Gasteiger charge is -2.36. The smallest absolute Gasteiger partial charge is 0.410 e. The SMILES string of the molecule is Cc1nc(Oc2ccc(N)c3cccnc23)c(-c2ccnc(N[C@H]3C[C@H](F)CN(C(=O)OC(C)(C)C)C3)n2)s1. The van der Waals surface area contributed by atoms with Crippen molar-refractivity contribution >= 4 is 40.0 Å². The van der Waals surface area contributed by atoms with E-state index in [0.29, 0.717) is 39.4 Å². The van der Waals surface area contributed by atoms with Crippen LogP contribution in [0.3, 0.4) is 0 Å². The molecule has 1 amide bonds. The summed E-state index contributed by atoms with van der Waals surface area (Å²) in [4.78, 5) is 32.6. The van der Waals surface area contributed by atoms with Crippen LogP contribution in [0.2, 0.25) is 0 Å². The van der Waals surface area contributed by atoms with E-state index in [1.54, 1.807) is 51.4 Å². The number of nitrogens with zero attached hydrogens (tertiary/aromatic N) is 5. The number of pyridine rings is 1. The number of piperidine rings is 1. The lowest BCUT2D eigenvalue weighted by Crippen LogP contribution is -2.51. The number of carbonyl (C=O) groups is 1. The average Bonchev–Trinajstić information content (AvgIpc) is 3.24. The maximum Gasteiger partial charge on any atom is 0.410 e. The molecular formula is C27H30FN7O3S. The highest BCUT2D eigenvalue weighted by molar-refractivity contribution is 7.15. The van der Waals surface area contributed by atoms with Crippen LogP contribution in [0, 0.1) is 6.92 Å². The van der Waals surface area contributed by atoms with E-state index >= 15 is 0 Å². The van der Waals surface area contributed by atoms with Crippen LogP contribution in [0.4, 0.5) is 20.8 Å². The van der Waals surface area contributed by atoms with Gasteiger partial charge in [0.1, 0.15) is 22.2 Å². The van der Waals surface area contributed by atoms with Gasteiger partial charge in [-0.3, -0.25) is 4.98 Å². The predicted octanol–water partition coefficient (Wildman–Crippen LogP) is 5.59. The minimum absolute atomic E-state index is 0.0104. The third kappa shape index (κ3) is 6.17. The number of likely N-dealkylation sites (tertiary alicyclic amines) is 1. The highest BCUT2D eigenvalue weighted by Crippen LogP contribution is 2.39. The Morgan fingerprint density at radius 3 is 2.77 bits per heavy atom. The number of nitrogens with one attached hydrogen (secondary N) is 1. The Kier molecular flexibility index (Phi) is 7.21. The fourth-order valence-electron chi connectivity index (χ4n) is 4.35. The summed E-state index contributed by atoms with van der Waals surface area (Å²) < 4.78 is 26.2. The molecule has 0 radical (unpaired) electrons. The Hall–Kier alpha value is -4.06. The van der Waals surface area contributed by atoms with Crippen molar-refractivity contribution in [3.63, 3.8) is 0 Å². The number of alkyl halides is 1. The Bertz CT molecular complexity index is 1510. The van der Waals surface area contributed by atoms with Gasteiger partial charge < -0.3 is 25.4 Å². The zero-order valence-corrected chi connectivity index (χ0v) is 23.0. The van der Waals surface area contributed by atoms with Gasteiger partial charge in [-0.05, 0) is 58.0 Å². The first-order chi connectivity index (χ1) is 18.6. The second kappa shape index (κ2) is 10.6. The van der Waals surface area contributed by atoms with Crippen LogP contribution >= 0.6 is 11.3 Å². The van der Waals surface area contributed by atoms with Gasteiger partial charge in [-0.25, -0.2) is 24.1 Å². The van der Waals surface area contributed by atoms with E-state index in [4.69, 9.17) is 15.2 Å². The van der Waals surface area contributed by atoms with Gasteiger partial charge in [0.25, 0.3) is 0 Å². The Labute approximate surface area is 229 Å². The predicted molar refractivity (Wildman–Crippen MR) is 149 cm³/mol. The lowest BCUT2D eigenvalue weighted by atomic mass is 10.0. The Balaban J connectivity index is 1.37. The molecule has 0 spiro atoms. The summed E-state index contributed by atoms with van der Waals surface area (Å²) in [7, 11) is 0. The molecule has 1 aliphatic heterocycles. The molecule has 12 heteroatoms. The number of ether oxygens (including phenoxy) is 2. The summed E-state index contributed by atoms with van der Waals surface area (Å²) in [5, 5.41) is 4.76. The number of amides is 1. The number of benzene rings is 1. The topological polar surface area (TPSA) is 128 Å². The normalized spacial score (nSPS) is 17.7. The van der Waals surface area contributed by atoms with Crippen molar-refractivity contribution < 1.29 is 18.7 Å². The number of thiazole rings is 1. The number of hydrogen-bond acceptors (Lipinski definition) is 10. The molecule has 1 aromatic carbocycles. The van der Waals surface area contributed by atoms with Crippen molar-refractivity contribution in [1.82, 2.24) is 24.8 Å². The number of aromatic nitrogens is 4. The number of fused-ring (bicyclic) bond motifs is 1. The number of carbonyl (C=O) groups excluding carboxylic acids is 1. The van der Waals surface area contributed by atoms with Crippen molar-refractivity contribution in [3.05, 3.63) is 47.7 Å². The van der Waals surface area contributed by atoms with Crippen LogP contribution in [0.25, 0.3) is 21.5 Å². The minimum Gasteiger partial charge on any atom is -0.444 e. The van der Waals surface area contributed by atoms with Gasteiger partial charge in [-0.2, -0.15) is 0 Å². The molecule has 2 atom stereocenters. The standard InChI is InChI=1S/C27H30FN7O3S/c1-15-32-24(37-21-8-7-19(29)18-6-5-10-30-22(18)21)23(39-15)20-9-11-31-25(34-20)33-17-12-16(28)13-35(14-17)26(36)38-27(2,3)4/h5-11,16-17H,12-14,29H2,1-4H3,(H,31,33,34)/t16-,17-/m0/s1. The van der Waals surface area contributed by atoms with Gasteiger partial charge in [-0.1, -0.05) is 0 Å². The zero-order chi connectivity index (χ0) is 27.7. The molecule has 1 fully saturated rings. The van der Waals surface area contributed by atoms with Crippen molar-refractivity contribution in [1.29, 1.82) is 0 Å². The number of aryl methyl sites for hydroxylation is 1. The molecule has 1 saturated heterocycles. The largest absolute Gasteiger partial charge is 0.444 e. The molecule has 0 aliphatic carbocycles. The monoisotopic (exact) mass is 551 g/mol.